The van der Waals surface area contributed by atoms with Crippen LogP contribution >= 0.6 is 0 Å². The molecule has 126 valence electrons. The van der Waals surface area contributed by atoms with Gasteiger partial charge in [-0.15, -0.1) is 0 Å². The Balaban J connectivity index is 1.66. The monoisotopic (exact) mass is 334 g/mol. The highest BCUT2D eigenvalue weighted by Gasteiger charge is 2.40. The maximum atomic E-state index is 12.8. The third-order valence-corrected chi connectivity index (χ3v) is 4.58. The van der Waals surface area contributed by atoms with E-state index in [0.29, 0.717) is 30.5 Å². The lowest BCUT2D eigenvalue weighted by Crippen LogP contribution is -2.29. The van der Waals surface area contributed by atoms with Gasteiger partial charge in [-0.05, 0) is 24.6 Å². The van der Waals surface area contributed by atoms with Crippen molar-refractivity contribution in [2.45, 2.75) is 18.8 Å². The van der Waals surface area contributed by atoms with Crippen molar-refractivity contribution < 1.29 is 9.32 Å². The van der Waals surface area contributed by atoms with E-state index in [1.54, 1.807) is 25.3 Å². The van der Waals surface area contributed by atoms with Gasteiger partial charge in [-0.1, -0.05) is 41.6 Å². The highest BCUT2D eigenvalue weighted by Crippen LogP contribution is 2.39. The maximum absolute atomic E-state index is 12.8. The minimum atomic E-state index is -0.0692. The number of hydrogen-bond donors (Lipinski definition) is 0. The Hall–Kier alpha value is -3.02. The first-order valence-electron chi connectivity index (χ1n) is 8.28. The van der Waals surface area contributed by atoms with Gasteiger partial charge in [0, 0.05) is 25.2 Å². The van der Waals surface area contributed by atoms with Gasteiger partial charge in [0.15, 0.2) is 5.82 Å². The van der Waals surface area contributed by atoms with E-state index in [1.807, 2.05) is 29.2 Å². The molecule has 1 saturated heterocycles. The van der Waals surface area contributed by atoms with E-state index < -0.39 is 0 Å². The van der Waals surface area contributed by atoms with Gasteiger partial charge in [0.2, 0.25) is 5.89 Å². The number of rotatable bonds is 3. The summed E-state index contributed by atoms with van der Waals surface area (Å²) in [6, 6.07) is 15.5. The number of aryl methyl sites for hydroxylation is 1. The predicted molar refractivity (Wildman–Crippen MR) is 91.1 cm³/mol. The number of likely N-dealkylation sites (tertiary alicyclic amines) is 1. The molecular formula is C19H18N4O2. The fourth-order valence-corrected chi connectivity index (χ4v) is 3.37. The van der Waals surface area contributed by atoms with Crippen molar-refractivity contribution in [3.8, 4) is 0 Å². The van der Waals surface area contributed by atoms with Crippen molar-refractivity contribution in [3.63, 3.8) is 0 Å². The van der Waals surface area contributed by atoms with E-state index >= 15 is 0 Å². The second-order valence-corrected chi connectivity index (χ2v) is 6.23. The first kappa shape index (κ1) is 15.5. The first-order valence-corrected chi connectivity index (χ1v) is 8.28. The lowest BCUT2D eigenvalue weighted by Gasteiger charge is -2.16. The minimum Gasteiger partial charge on any atom is -0.339 e. The lowest BCUT2D eigenvalue weighted by molar-refractivity contribution is 0.0782. The van der Waals surface area contributed by atoms with Crippen LogP contribution in [-0.2, 0) is 0 Å². The number of pyridine rings is 1. The third-order valence-electron chi connectivity index (χ3n) is 4.58. The summed E-state index contributed by atoms with van der Waals surface area (Å²) in [6.45, 7) is 2.94. The van der Waals surface area contributed by atoms with Crippen LogP contribution in [0.15, 0.2) is 59.3 Å². The van der Waals surface area contributed by atoms with Crippen LogP contribution in [-0.4, -0.2) is 39.0 Å². The van der Waals surface area contributed by atoms with Gasteiger partial charge in [-0.2, -0.15) is 4.98 Å². The van der Waals surface area contributed by atoms with E-state index in [1.165, 1.54) is 5.56 Å². The zero-order valence-electron chi connectivity index (χ0n) is 13.9. The summed E-state index contributed by atoms with van der Waals surface area (Å²) in [4.78, 5) is 23.2. The number of nitrogens with zero attached hydrogens (tertiary/aromatic N) is 4. The van der Waals surface area contributed by atoms with Crippen molar-refractivity contribution in [3.05, 3.63) is 77.7 Å². The van der Waals surface area contributed by atoms with Gasteiger partial charge in [0.05, 0.1) is 5.92 Å². The topological polar surface area (TPSA) is 72.1 Å². The summed E-state index contributed by atoms with van der Waals surface area (Å²) in [6.07, 6.45) is 1.64. The Labute approximate surface area is 145 Å². The average Bonchev–Trinajstić information content (AvgIpc) is 3.29. The summed E-state index contributed by atoms with van der Waals surface area (Å²) >= 11 is 0. The van der Waals surface area contributed by atoms with E-state index in [2.05, 4.69) is 27.3 Å². The number of hydrogen-bond acceptors (Lipinski definition) is 5. The Morgan fingerprint density at radius 1 is 1.08 bits per heavy atom. The molecule has 0 bridgehead atoms. The zero-order valence-corrected chi connectivity index (χ0v) is 13.9. The van der Waals surface area contributed by atoms with Gasteiger partial charge < -0.3 is 9.42 Å². The molecule has 1 aliphatic heterocycles. The lowest BCUT2D eigenvalue weighted by atomic mass is 9.89. The molecule has 1 fully saturated rings. The van der Waals surface area contributed by atoms with E-state index in [9.17, 15) is 4.79 Å². The fourth-order valence-electron chi connectivity index (χ4n) is 3.37. The van der Waals surface area contributed by atoms with Crippen LogP contribution in [0, 0.1) is 6.92 Å². The summed E-state index contributed by atoms with van der Waals surface area (Å²) in [7, 11) is 0. The fraction of sp³-hybridized carbons (Fsp3) is 0.263. The summed E-state index contributed by atoms with van der Waals surface area (Å²) < 4.78 is 5.42. The Kier molecular flexibility index (Phi) is 4.01. The summed E-state index contributed by atoms with van der Waals surface area (Å²) in [5.74, 6) is 1.23. The Morgan fingerprint density at radius 2 is 1.84 bits per heavy atom. The number of benzene rings is 1. The van der Waals surface area contributed by atoms with Crippen molar-refractivity contribution >= 4 is 5.91 Å². The van der Waals surface area contributed by atoms with Crippen molar-refractivity contribution in [1.29, 1.82) is 0 Å². The van der Waals surface area contributed by atoms with Crippen LogP contribution in [0.5, 0.6) is 0 Å². The number of carbonyl (C=O) groups is 1. The molecule has 0 N–H and O–H groups in total. The standard InChI is InChI=1S/C19H18N4O2/c1-13-21-18(25-22-13)16-12-23(19(24)17-9-5-6-10-20-17)11-15(16)14-7-3-2-4-8-14/h2-10,15-16H,11-12H2,1H3. The van der Waals surface area contributed by atoms with Gasteiger partial charge in [0.25, 0.3) is 5.91 Å². The molecule has 0 radical (unpaired) electrons. The molecule has 3 aromatic rings. The van der Waals surface area contributed by atoms with Crippen LogP contribution in [0.3, 0.4) is 0 Å². The molecule has 1 aliphatic rings. The zero-order chi connectivity index (χ0) is 17.2. The second-order valence-electron chi connectivity index (χ2n) is 6.23. The quantitative estimate of drug-likeness (QED) is 0.736. The normalized spacial score (nSPS) is 20.0. The molecule has 3 heterocycles. The van der Waals surface area contributed by atoms with Gasteiger partial charge in [-0.25, -0.2) is 0 Å². The van der Waals surface area contributed by atoms with E-state index in [4.69, 9.17) is 4.52 Å². The number of carbonyl (C=O) groups excluding carboxylic acids is 1. The molecule has 0 aliphatic carbocycles. The highest BCUT2D eigenvalue weighted by molar-refractivity contribution is 5.92. The number of amides is 1. The SMILES string of the molecule is Cc1noc(C2CN(C(=O)c3ccccn3)CC2c2ccccc2)n1. The van der Waals surface area contributed by atoms with E-state index in [0.717, 1.165) is 0 Å². The molecule has 1 aromatic carbocycles. The molecule has 1 amide bonds. The van der Waals surface area contributed by atoms with Crippen molar-refractivity contribution in [2.24, 2.45) is 0 Å². The molecule has 25 heavy (non-hydrogen) atoms. The number of aromatic nitrogens is 3. The Bertz CT molecular complexity index is 863. The third kappa shape index (κ3) is 3.03. The Morgan fingerprint density at radius 3 is 2.52 bits per heavy atom. The molecule has 2 aromatic heterocycles. The molecular weight excluding hydrogens is 316 g/mol. The van der Waals surface area contributed by atoms with Gasteiger partial charge in [-0.3, -0.25) is 9.78 Å². The first-order chi connectivity index (χ1) is 12.2. The largest absolute Gasteiger partial charge is 0.339 e. The van der Waals surface area contributed by atoms with Crippen LogP contribution in [0.2, 0.25) is 0 Å². The van der Waals surface area contributed by atoms with Crippen LogP contribution < -0.4 is 0 Å². The highest BCUT2D eigenvalue weighted by atomic mass is 16.5. The molecule has 0 saturated carbocycles. The smallest absolute Gasteiger partial charge is 0.272 e. The molecule has 2 atom stereocenters. The average molecular weight is 334 g/mol. The van der Waals surface area contributed by atoms with Crippen LogP contribution in [0.25, 0.3) is 0 Å². The maximum Gasteiger partial charge on any atom is 0.272 e. The predicted octanol–water partition coefficient (Wildman–Crippen LogP) is 2.80. The summed E-state index contributed by atoms with van der Waals surface area (Å²) in [5.41, 5.74) is 1.62. The van der Waals surface area contributed by atoms with E-state index in [-0.39, 0.29) is 17.7 Å². The molecule has 6 nitrogen and oxygen atoms in total. The molecule has 4 rings (SSSR count). The van der Waals surface area contributed by atoms with Crippen LogP contribution in [0.1, 0.15) is 39.6 Å². The minimum absolute atomic E-state index is 0.0173. The molecule has 0 spiro atoms. The van der Waals surface area contributed by atoms with Gasteiger partial charge >= 0.3 is 0 Å². The molecule has 2 unspecified atom stereocenters. The second kappa shape index (κ2) is 6.47. The van der Waals surface area contributed by atoms with Gasteiger partial charge in [0.1, 0.15) is 5.69 Å². The molecule has 6 heteroatoms. The van der Waals surface area contributed by atoms with Crippen molar-refractivity contribution in [2.75, 3.05) is 13.1 Å². The van der Waals surface area contributed by atoms with Crippen LogP contribution in [0.4, 0.5) is 0 Å². The summed E-state index contributed by atoms with van der Waals surface area (Å²) in [5, 5.41) is 3.92. The van der Waals surface area contributed by atoms with Crippen molar-refractivity contribution in [1.82, 2.24) is 20.0 Å².